The fraction of sp³-hybridized carbons (Fsp3) is 0.500. The second-order valence-corrected chi connectivity index (χ2v) is 5.10. The molecule has 1 aromatic carbocycles. The van der Waals surface area contributed by atoms with Crippen LogP contribution in [-0.2, 0) is 6.18 Å². The maximum absolute atomic E-state index is 12.6. The Kier molecular flexibility index (Phi) is 3.67. The first-order chi connectivity index (χ1) is 8.89. The number of hydrogen-bond donors (Lipinski definition) is 1. The normalized spacial score (nSPS) is 18.5. The lowest BCUT2D eigenvalue weighted by molar-refractivity contribution is -0.137. The molecular weight excluding hydrogens is 255 g/mol. The smallest absolute Gasteiger partial charge is 0.329 e. The SMILES string of the molecule is NCC1(C(=O)c2cccc(C(F)(F)F)c2)CCCC1. The van der Waals surface area contributed by atoms with E-state index in [4.69, 9.17) is 5.73 Å². The molecule has 0 aliphatic heterocycles. The molecule has 1 aliphatic carbocycles. The van der Waals surface area contributed by atoms with E-state index in [0.717, 1.165) is 25.0 Å². The van der Waals surface area contributed by atoms with Gasteiger partial charge in [-0.05, 0) is 25.0 Å². The van der Waals surface area contributed by atoms with Gasteiger partial charge in [0.2, 0.25) is 0 Å². The van der Waals surface area contributed by atoms with Crippen molar-refractivity contribution in [1.29, 1.82) is 0 Å². The summed E-state index contributed by atoms with van der Waals surface area (Å²) in [5.41, 5.74) is 4.35. The summed E-state index contributed by atoms with van der Waals surface area (Å²) >= 11 is 0. The van der Waals surface area contributed by atoms with Crippen LogP contribution in [0.5, 0.6) is 0 Å². The highest BCUT2D eigenvalue weighted by atomic mass is 19.4. The number of alkyl halides is 3. The Morgan fingerprint density at radius 2 is 1.89 bits per heavy atom. The van der Waals surface area contributed by atoms with Gasteiger partial charge in [0.05, 0.1) is 5.56 Å². The average Bonchev–Trinajstić information content (AvgIpc) is 2.87. The highest BCUT2D eigenvalue weighted by Crippen LogP contribution is 2.40. The molecule has 1 aromatic rings. The molecule has 1 fully saturated rings. The molecular formula is C14H16F3NO. The van der Waals surface area contributed by atoms with Gasteiger partial charge in [0.25, 0.3) is 0 Å². The Balaban J connectivity index is 2.34. The van der Waals surface area contributed by atoms with E-state index >= 15 is 0 Å². The molecule has 2 N–H and O–H groups in total. The average molecular weight is 271 g/mol. The van der Waals surface area contributed by atoms with Crippen LogP contribution in [0.4, 0.5) is 13.2 Å². The lowest BCUT2D eigenvalue weighted by Crippen LogP contribution is -2.36. The zero-order valence-corrected chi connectivity index (χ0v) is 10.5. The summed E-state index contributed by atoms with van der Waals surface area (Å²) in [4.78, 5) is 12.4. The molecule has 19 heavy (non-hydrogen) atoms. The van der Waals surface area contributed by atoms with Crippen molar-refractivity contribution in [2.75, 3.05) is 6.54 Å². The molecule has 1 aliphatic rings. The van der Waals surface area contributed by atoms with Crippen LogP contribution in [0.1, 0.15) is 41.6 Å². The minimum absolute atomic E-state index is 0.113. The molecule has 0 heterocycles. The number of hydrogen-bond acceptors (Lipinski definition) is 2. The van der Waals surface area contributed by atoms with Crippen molar-refractivity contribution in [2.45, 2.75) is 31.9 Å². The largest absolute Gasteiger partial charge is 0.416 e. The predicted octanol–water partition coefficient (Wildman–Crippen LogP) is 3.41. The molecule has 104 valence electrons. The van der Waals surface area contributed by atoms with Crippen molar-refractivity contribution in [1.82, 2.24) is 0 Å². The summed E-state index contributed by atoms with van der Waals surface area (Å²) in [6, 6.07) is 4.61. The Bertz CT molecular complexity index is 476. The monoisotopic (exact) mass is 271 g/mol. The van der Waals surface area contributed by atoms with Crippen LogP contribution in [-0.4, -0.2) is 12.3 Å². The van der Waals surface area contributed by atoms with Gasteiger partial charge in [0, 0.05) is 17.5 Å². The van der Waals surface area contributed by atoms with Gasteiger partial charge >= 0.3 is 6.18 Å². The summed E-state index contributed by atoms with van der Waals surface area (Å²) in [7, 11) is 0. The Hall–Kier alpha value is -1.36. The minimum atomic E-state index is -4.43. The van der Waals surface area contributed by atoms with Gasteiger partial charge in [-0.3, -0.25) is 4.79 Å². The fourth-order valence-corrected chi connectivity index (χ4v) is 2.72. The molecule has 0 saturated heterocycles. The van der Waals surface area contributed by atoms with Crippen LogP contribution in [0.15, 0.2) is 24.3 Å². The van der Waals surface area contributed by atoms with Gasteiger partial charge in [0.15, 0.2) is 5.78 Å². The number of halogens is 3. The van der Waals surface area contributed by atoms with Crippen LogP contribution in [0, 0.1) is 5.41 Å². The zero-order valence-electron chi connectivity index (χ0n) is 10.5. The van der Waals surface area contributed by atoms with Crippen LogP contribution in [0.3, 0.4) is 0 Å². The maximum Gasteiger partial charge on any atom is 0.416 e. The van der Waals surface area contributed by atoms with E-state index < -0.39 is 17.2 Å². The number of Topliss-reactive ketones (excluding diaryl/α,β-unsaturated/α-hetero) is 1. The summed E-state index contributed by atoms with van der Waals surface area (Å²) < 4.78 is 37.9. The Labute approximate surface area is 109 Å². The van der Waals surface area contributed by atoms with E-state index in [2.05, 4.69) is 0 Å². The van der Waals surface area contributed by atoms with Crippen LogP contribution in [0.25, 0.3) is 0 Å². The summed E-state index contributed by atoms with van der Waals surface area (Å²) in [6.07, 6.45) is -1.29. The molecule has 2 nitrogen and oxygen atoms in total. The fourth-order valence-electron chi connectivity index (χ4n) is 2.72. The molecule has 5 heteroatoms. The standard InChI is InChI=1S/C14H16F3NO/c15-14(16,17)11-5-3-4-10(8-11)12(19)13(9-18)6-1-2-7-13/h3-5,8H,1-2,6-7,9,18H2. The van der Waals surface area contributed by atoms with Crippen molar-refractivity contribution in [3.8, 4) is 0 Å². The first-order valence-electron chi connectivity index (χ1n) is 6.31. The third-order valence-corrected chi connectivity index (χ3v) is 3.89. The van der Waals surface area contributed by atoms with Crippen molar-refractivity contribution in [3.63, 3.8) is 0 Å². The third-order valence-electron chi connectivity index (χ3n) is 3.89. The van der Waals surface area contributed by atoms with E-state index in [1.807, 2.05) is 0 Å². The molecule has 0 spiro atoms. The van der Waals surface area contributed by atoms with Gasteiger partial charge < -0.3 is 5.73 Å². The van der Waals surface area contributed by atoms with Gasteiger partial charge in [0.1, 0.15) is 0 Å². The summed E-state index contributed by atoms with van der Waals surface area (Å²) in [6.45, 7) is 0.197. The number of carbonyl (C=O) groups excluding carboxylic acids is 1. The van der Waals surface area contributed by atoms with Gasteiger partial charge in [-0.2, -0.15) is 13.2 Å². The highest BCUT2D eigenvalue weighted by molar-refractivity contribution is 6.01. The van der Waals surface area contributed by atoms with E-state index in [9.17, 15) is 18.0 Å². The van der Waals surface area contributed by atoms with Gasteiger partial charge in [-0.25, -0.2) is 0 Å². The lowest BCUT2D eigenvalue weighted by Gasteiger charge is -2.25. The van der Waals surface area contributed by atoms with Crippen molar-refractivity contribution in [2.24, 2.45) is 11.1 Å². The Morgan fingerprint density at radius 1 is 1.26 bits per heavy atom. The molecule has 0 bridgehead atoms. The van der Waals surface area contributed by atoms with Gasteiger partial charge in [-0.1, -0.05) is 25.0 Å². The molecule has 0 atom stereocenters. The molecule has 0 aromatic heterocycles. The number of ketones is 1. The van der Waals surface area contributed by atoms with Crippen molar-refractivity contribution in [3.05, 3.63) is 35.4 Å². The zero-order chi connectivity index (χ0) is 14.1. The van der Waals surface area contributed by atoms with E-state index in [0.29, 0.717) is 12.8 Å². The first kappa shape index (κ1) is 14.1. The van der Waals surface area contributed by atoms with E-state index in [-0.39, 0.29) is 17.9 Å². The van der Waals surface area contributed by atoms with Crippen LogP contribution < -0.4 is 5.73 Å². The highest BCUT2D eigenvalue weighted by Gasteiger charge is 2.40. The van der Waals surface area contributed by atoms with Gasteiger partial charge in [-0.15, -0.1) is 0 Å². The maximum atomic E-state index is 12.6. The van der Waals surface area contributed by atoms with Crippen LogP contribution in [0.2, 0.25) is 0 Å². The molecule has 2 rings (SSSR count). The quantitative estimate of drug-likeness (QED) is 0.856. The summed E-state index contributed by atoms with van der Waals surface area (Å²) in [5.74, 6) is -0.251. The van der Waals surface area contributed by atoms with Crippen LogP contribution >= 0.6 is 0 Å². The second-order valence-electron chi connectivity index (χ2n) is 5.10. The van der Waals surface area contributed by atoms with Crippen molar-refractivity contribution >= 4 is 5.78 Å². The van der Waals surface area contributed by atoms with Crippen molar-refractivity contribution < 1.29 is 18.0 Å². The molecule has 1 saturated carbocycles. The molecule has 0 unspecified atom stereocenters. The van der Waals surface area contributed by atoms with E-state index in [1.165, 1.54) is 12.1 Å². The predicted molar refractivity (Wildman–Crippen MR) is 65.7 cm³/mol. The number of carbonyl (C=O) groups is 1. The third kappa shape index (κ3) is 2.66. The number of benzene rings is 1. The lowest BCUT2D eigenvalue weighted by atomic mass is 9.78. The number of rotatable bonds is 3. The molecule has 0 radical (unpaired) electrons. The van der Waals surface area contributed by atoms with E-state index in [1.54, 1.807) is 0 Å². The number of nitrogens with two attached hydrogens (primary N) is 1. The topological polar surface area (TPSA) is 43.1 Å². The second kappa shape index (κ2) is 4.96. The Morgan fingerprint density at radius 3 is 2.42 bits per heavy atom. The minimum Gasteiger partial charge on any atom is -0.329 e. The summed E-state index contributed by atoms with van der Waals surface area (Å²) in [5, 5.41) is 0. The molecule has 0 amide bonds. The first-order valence-corrected chi connectivity index (χ1v) is 6.31.